The van der Waals surface area contributed by atoms with Crippen molar-refractivity contribution in [1.29, 1.82) is 5.26 Å². The van der Waals surface area contributed by atoms with Crippen LogP contribution in [0.3, 0.4) is 0 Å². The molecule has 3 aromatic rings. The van der Waals surface area contributed by atoms with Gasteiger partial charge in [-0.1, -0.05) is 30.3 Å². The lowest BCUT2D eigenvalue weighted by molar-refractivity contribution is -0.113. The summed E-state index contributed by atoms with van der Waals surface area (Å²) < 4.78 is 7.27. The van der Waals surface area contributed by atoms with E-state index in [1.165, 1.54) is 16.6 Å². The number of nitriles is 1. The Morgan fingerprint density at radius 1 is 1.52 bits per heavy atom. The van der Waals surface area contributed by atoms with Gasteiger partial charge in [-0.25, -0.2) is 4.98 Å². The van der Waals surface area contributed by atoms with E-state index in [-0.39, 0.29) is 11.7 Å². The van der Waals surface area contributed by atoms with Crippen molar-refractivity contribution in [3.05, 3.63) is 39.2 Å². The number of carbonyl (C=O) groups is 1. The average molecular weight is 475 g/mol. The molecule has 9 heteroatoms. The number of thioether (sulfide) groups is 1. The number of methoxy groups -OCH3 is 1. The van der Waals surface area contributed by atoms with Crippen molar-refractivity contribution >= 4 is 56.6 Å². The number of fused-ring (bicyclic) bond motifs is 2. The summed E-state index contributed by atoms with van der Waals surface area (Å²) in [5.41, 5.74) is 3.49. The summed E-state index contributed by atoms with van der Waals surface area (Å²) in [5, 5.41) is 14.6. The van der Waals surface area contributed by atoms with Crippen LogP contribution in [0.25, 0.3) is 11.0 Å². The summed E-state index contributed by atoms with van der Waals surface area (Å²) in [7, 11) is 1.66. The van der Waals surface area contributed by atoms with Crippen molar-refractivity contribution in [3.63, 3.8) is 0 Å². The minimum absolute atomic E-state index is 0.142. The van der Waals surface area contributed by atoms with E-state index in [2.05, 4.69) is 23.3 Å². The number of benzene rings is 1. The topological polar surface area (TPSA) is 79.9 Å². The molecule has 1 amide bonds. The molecule has 0 fully saturated rings. The zero-order valence-electron chi connectivity index (χ0n) is 17.4. The van der Waals surface area contributed by atoms with Gasteiger partial charge in [0, 0.05) is 23.6 Å². The smallest absolute Gasteiger partial charge is 0.235 e. The average Bonchev–Trinajstić information content (AvgIpc) is 3.26. The van der Waals surface area contributed by atoms with E-state index in [1.807, 2.05) is 22.8 Å². The molecule has 1 unspecified atom stereocenters. The molecule has 0 radical (unpaired) electrons. The molecule has 1 aliphatic carbocycles. The van der Waals surface area contributed by atoms with E-state index in [1.54, 1.807) is 18.4 Å². The van der Waals surface area contributed by atoms with Crippen LogP contribution in [0.2, 0.25) is 5.02 Å². The molecule has 2 heterocycles. The second kappa shape index (κ2) is 9.61. The van der Waals surface area contributed by atoms with Crippen LogP contribution in [0.4, 0.5) is 5.00 Å². The second-order valence-electron chi connectivity index (χ2n) is 7.68. The number of halogens is 1. The highest BCUT2D eigenvalue weighted by molar-refractivity contribution is 7.99. The molecule has 4 rings (SSSR count). The molecule has 0 saturated heterocycles. The largest absolute Gasteiger partial charge is 0.383 e. The van der Waals surface area contributed by atoms with Gasteiger partial charge in [0.25, 0.3) is 0 Å². The van der Waals surface area contributed by atoms with Gasteiger partial charge in [-0.05, 0) is 48.9 Å². The van der Waals surface area contributed by atoms with Gasteiger partial charge in [0.1, 0.15) is 11.1 Å². The van der Waals surface area contributed by atoms with Crippen LogP contribution in [-0.4, -0.2) is 34.9 Å². The Morgan fingerprint density at radius 2 is 2.35 bits per heavy atom. The lowest BCUT2D eigenvalue weighted by Gasteiger charge is -2.17. The molecule has 0 spiro atoms. The van der Waals surface area contributed by atoms with Gasteiger partial charge in [-0.2, -0.15) is 5.26 Å². The number of thiophene rings is 1. The summed E-state index contributed by atoms with van der Waals surface area (Å²) in [6.45, 7) is 3.40. The van der Waals surface area contributed by atoms with Crippen LogP contribution in [0.1, 0.15) is 29.3 Å². The van der Waals surface area contributed by atoms with Crippen LogP contribution in [-0.2, 0) is 28.9 Å². The molecule has 1 aromatic carbocycles. The fourth-order valence-corrected chi connectivity index (χ4v) is 6.22. The van der Waals surface area contributed by atoms with Crippen LogP contribution in [0.15, 0.2) is 23.4 Å². The molecule has 162 valence electrons. The van der Waals surface area contributed by atoms with Gasteiger partial charge in [0.05, 0.1) is 29.0 Å². The van der Waals surface area contributed by atoms with Crippen LogP contribution in [0.5, 0.6) is 0 Å². The second-order valence-corrected chi connectivity index (χ2v) is 10.2. The highest BCUT2D eigenvalue weighted by Gasteiger charge is 2.25. The Balaban J connectivity index is 1.49. The standard InChI is InChI=1S/C22H23ClN4O2S2/c1-13-3-5-15-16(11-24)21(31-19(15)9-13)26-20(28)12-30-22-25-17-10-14(23)4-6-18(17)27(22)7-8-29-2/h4,6,10,13H,3,5,7-9,12H2,1-2H3,(H,26,28). The summed E-state index contributed by atoms with van der Waals surface area (Å²) in [5.74, 6) is 0.676. The van der Waals surface area contributed by atoms with Crippen molar-refractivity contribution < 1.29 is 9.53 Å². The van der Waals surface area contributed by atoms with Crippen molar-refractivity contribution in [1.82, 2.24) is 9.55 Å². The summed E-state index contributed by atoms with van der Waals surface area (Å²) in [4.78, 5) is 18.6. The first-order valence-corrected chi connectivity index (χ1v) is 12.3. The number of hydrogen-bond acceptors (Lipinski definition) is 6. The van der Waals surface area contributed by atoms with Crippen molar-refractivity contribution in [2.24, 2.45) is 5.92 Å². The van der Waals surface area contributed by atoms with Gasteiger partial charge in [-0.15, -0.1) is 11.3 Å². The molecule has 1 N–H and O–H groups in total. The van der Waals surface area contributed by atoms with Gasteiger partial charge < -0.3 is 14.6 Å². The van der Waals surface area contributed by atoms with Gasteiger partial charge in [-0.3, -0.25) is 4.79 Å². The molecule has 1 aliphatic rings. The Hall–Kier alpha value is -2.05. The number of carbonyl (C=O) groups excluding carboxylic acids is 1. The zero-order chi connectivity index (χ0) is 22.0. The molecular weight excluding hydrogens is 452 g/mol. The number of amides is 1. The number of ether oxygens (including phenoxy) is 1. The third-order valence-electron chi connectivity index (χ3n) is 5.40. The minimum Gasteiger partial charge on any atom is -0.383 e. The van der Waals surface area contributed by atoms with E-state index in [9.17, 15) is 10.1 Å². The number of anilines is 1. The quantitative estimate of drug-likeness (QED) is 0.480. The van der Waals surface area contributed by atoms with Crippen molar-refractivity contribution in [3.8, 4) is 6.07 Å². The van der Waals surface area contributed by atoms with E-state index in [4.69, 9.17) is 16.3 Å². The predicted molar refractivity (Wildman–Crippen MR) is 126 cm³/mol. The van der Waals surface area contributed by atoms with Crippen LogP contribution < -0.4 is 5.32 Å². The van der Waals surface area contributed by atoms with Crippen molar-refractivity contribution in [2.75, 3.05) is 24.8 Å². The van der Waals surface area contributed by atoms with E-state index in [0.717, 1.165) is 41.0 Å². The third-order valence-corrected chi connectivity index (χ3v) is 7.78. The molecule has 1 atom stereocenters. The molecule has 0 aliphatic heterocycles. The molecule has 31 heavy (non-hydrogen) atoms. The van der Waals surface area contributed by atoms with Gasteiger partial charge >= 0.3 is 0 Å². The van der Waals surface area contributed by atoms with Gasteiger partial charge in [0.2, 0.25) is 5.91 Å². The SMILES string of the molecule is COCCn1c(SCC(=O)Nc2sc3c(c2C#N)CCC(C)C3)nc2cc(Cl)ccc21. The summed E-state index contributed by atoms with van der Waals surface area (Å²) in [6, 6.07) is 7.88. The number of rotatable bonds is 7. The fourth-order valence-electron chi connectivity index (χ4n) is 3.84. The number of imidazole rings is 1. The maximum atomic E-state index is 12.7. The van der Waals surface area contributed by atoms with Crippen molar-refractivity contribution in [2.45, 2.75) is 37.9 Å². The number of nitrogens with zero attached hydrogens (tertiary/aromatic N) is 3. The fraction of sp³-hybridized carbons (Fsp3) is 0.409. The predicted octanol–water partition coefficient (Wildman–Crippen LogP) is 5.12. The lowest BCUT2D eigenvalue weighted by atomic mass is 9.89. The first-order valence-electron chi connectivity index (χ1n) is 10.1. The minimum atomic E-state index is -0.142. The third kappa shape index (κ3) is 4.75. The van der Waals surface area contributed by atoms with E-state index < -0.39 is 0 Å². The maximum absolute atomic E-state index is 12.7. The molecular formula is C22H23ClN4O2S2. The maximum Gasteiger partial charge on any atom is 0.235 e. The van der Waals surface area contributed by atoms with E-state index in [0.29, 0.717) is 34.7 Å². The highest BCUT2D eigenvalue weighted by Crippen LogP contribution is 2.39. The Labute approximate surface area is 194 Å². The van der Waals surface area contributed by atoms with Gasteiger partial charge in [0.15, 0.2) is 5.16 Å². The summed E-state index contributed by atoms with van der Waals surface area (Å²) >= 11 is 9.03. The number of hydrogen-bond donors (Lipinski definition) is 1. The van der Waals surface area contributed by atoms with E-state index >= 15 is 0 Å². The Kier molecular flexibility index (Phi) is 6.87. The Bertz CT molecular complexity index is 1160. The molecule has 0 saturated carbocycles. The molecule has 2 aromatic heterocycles. The monoisotopic (exact) mass is 474 g/mol. The highest BCUT2D eigenvalue weighted by atomic mass is 35.5. The zero-order valence-corrected chi connectivity index (χ0v) is 19.8. The normalized spacial score (nSPS) is 15.6. The molecule has 6 nitrogen and oxygen atoms in total. The molecule has 0 bridgehead atoms. The van der Waals surface area contributed by atoms with Crippen LogP contribution in [0, 0.1) is 17.2 Å². The van der Waals surface area contributed by atoms with Crippen LogP contribution >= 0.6 is 34.7 Å². The first kappa shape index (κ1) is 22.2. The Morgan fingerprint density at radius 3 is 3.13 bits per heavy atom. The number of nitrogens with one attached hydrogen (secondary N) is 1. The number of aromatic nitrogens is 2. The first-order chi connectivity index (χ1) is 15.0. The lowest BCUT2D eigenvalue weighted by Crippen LogP contribution is -2.15. The summed E-state index contributed by atoms with van der Waals surface area (Å²) in [6.07, 6.45) is 2.97.